The Hall–Kier alpha value is -6.24. The zero-order chi connectivity index (χ0) is 62.0. The molecule has 2 aromatic carbocycles. The van der Waals surface area contributed by atoms with Crippen LogP contribution in [0.3, 0.4) is 0 Å². The normalized spacial score (nSPS) is 22.3. The average molecular weight is 1200 g/mol. The van der Waals surface area contributed by atoms with Crippen LogP contribution in [0.25, 0.3) is 0 Å². The molecule has 0 bridgehead atoms. The highest BCUT2D eigenvalue weighted by molar-refractivity contribution is 5.98. The second-order valence-corrected chi connectivity index (χ2v) is 25.7. The third-order valence-electron chi connectivity index (χ3n) is 17.5. The number of anilines is 2. The number of hydrogen-bond donors (Lipinski definition) is 4. The summed E-state index contributed by atoms with van der Waals surface area (Å²) in [6.45, 7) is 29.2. The molecule has 4 N–H and O–H groups in total. The third kappa shape index (κ3) is 17.3. The molecule has 20 nitrogen and oxygen atoms in total. The molecule has 470 valence electrons. The molecular formula is C64H92F2N12O8. The standard InChI is InChI=1S/2C23H29FN4O2.C18H34N4O4/c2*1-15-12-27(9-8-25-15)13-20(29)28-14-23(2,3)21-19(28)11-17(22(30)26-21)10-16-4-6-18(24)7-5-16;1-15-11-21(7-5-19(15)3)17(23)13-25-9-10-26-14-18(24)22-8-6-20(4)16(2)12-22/h2*4-7,11,15,25H,8-10,12-14H2,1-3H3,(H,26,30);15-16H,5-14H2,1-4H3. The highest BCUT2D eigenvalue weighted by Gasteiger charge is 2.42. The van der Waals surface area contributed by atoms with Gasteiger partial charge in [-0.2, -0.15) is 0 Å². The molecule has 4 fully saturated rings. The van der Waals surface area contributed by atoms with Crippen molar-refractivity contribution in [2.45, 2.75) is 103 Å². The number of hydrogen-bond acceptors (Lipinski definition) is 14. The Bertz CT molecular complexity index is 2900. The molecule has 2 aromatic heterocycles. The molecule has 10 rings (SSSR count). The Labute approximate surface area is 505 Å². The molecule has 4 saturated heterocycles. The predicted octanol–water partition coefficient (Wildman–Crippen LogP) is 3.39. The van der Waals surface area contributed by atoms with E-state index >= 15 is 0 Å². The van der Waals surface area contributed by atoms with Gasteiger partial charge in [0.25, 0.3) is 11.1 Å². The third-order valence-corrected chi connectivity index (χ3v) is 17.5. The van der Waals surface area contributed by atoms with Crippen molar-refractivity contribution in [2.75, 3.05) is 155 Å². The average Bonchev–Trinajstić information content (AvgIpc) is 1.79. The zero-order valence-electron chi connectivity index (χ0n) is 52.2. The highest BCUT2D eigenvalue weighted by Crippen LogP contribution is 2.40. The van der Waals surface area contributed by atoms with E-state index in [-0.39, 0.29) is 70.4 Å². The van der Waals surface area contributed by atoms with Crippen LogP contribution in [0.1, 0.15) is 89.0 Å². The van der Waals surface area contributed by atoms with E-state index in [1.165, 1.54) is 24.3 Å². The maximum absolute atomic E-state index is 13.2. The molecule has 0 saturated carbocycles. The van der Waals surface area contributed by atoms with E-state index < -0.39 is 0 Å². The molecule has 0 spiro atoms. The maximum Gasteiger partial charge on any atom is 0.251 e. The second kappa shape index (κ2) is 29.2. The second-order valence-electron chi connectivity index (χ2n) is 25.7. The van der Waals surface area contributed by atoms with Crippen LogP contribution in [0.2, 0.25) is 0 Å². The molecule has 4 atom stereocenters. The Balaban J connectivity index is 0.000000168. The molecule has 6 aliphatic rings. The number of aromatic nitrogens is 2. The number of amides is 4. The first kappa shape index (κ1) is 65.7. The number of halogens is 2. The number of carbonyl (C=O) groups excluding carboxylic acids is 4. The number of piperazine rings is 4. The van der Waals surface area contributed by atoms with Gasteiger partial charge in [0.15, 0.2) is 0 Å². The highest BCUT2D eigenvalue weighted by atomic mass is 19.1. The first-order valence-electron chi connectivity index (χ1n) is 30.5. The molecule has 0 radical (unpaired) electrons. The van der Waals surface area contributed by atoms with Crippen LogP contribution in [-0.2, 0) is 52.3 Å². The first-order valence-corrected chi connectivity index (χ1v) is 30.5. The van der Waals surface area contributed by atoms with Crippen molar-refractivity contribution in [3.8, 4) is 0 Å². The van der Waals surface area contributed by atoms with E-state index in [9.17, 15) is 37.5 Å². The lowest BCUT2D eigenvalue weighted by Gasteiger charge is -2.37. The maximum atomic E-state index is 13.2. The van der Waals surface area contributed by atoms with Crippen LogP contribution in [-0.4, -0.2) is 232 Å². The Kier molecular flexibility index (Phi) is 22.3. The minimum absolute atomic E-state index is 0.0208. The molecule has 4 aromatic rings. The minimum Gasteiger partial charge on any atom is -0.369 e. The fourth-order valence-electron chi connectivity index (χ4n) is 12.1. The summed E-state index contributed by atoms with van der Waals surface area (Å²) in [6.07, 6.45) is 0.779. The van der Waals surface area contributed by atoms with Gasteiger partial charge >= 0.3 is 0 Å². The number of ether oxygens (including phenoxy) is 2. The van der Waals surface area contributed by atoms with Gasteiger partial charge in [0.05, 0.1) is 37.7 Å². The van der Waals surface area contributed by atoms with Crippen LogP contribution in [0, 0.1) is 11.6 Å². The Morgan fingerprint density at radius 1 is 0.535 bits per heavy atom. The molecule has 8 heterocycles. The molecular weight excluding hydrogens is 1100 g/mol. The number of benzene rings is 2. The zero-order valence-corrected chi connectivity index (χ0v) is 52.2. The summed E-state index contributed by atoms with van der Waals surface area (Å²) in [5, 5.41) is 6.79. The minimum atomic E-state index is -0.324. The predicted molar refractivity (Wildman–Crippen MR) is 330 cm³/mol. The topological polar surface area (TPSA) is 202 Å². The lowest BCUT2D eigenvalue weighted by Crippen LogP contribution is -2.53. The summed E-state index contributed by atoms with van der Waals surface area (Å²) >= 11 is 0. The summed E-state index contributed by atoms with van der Waals surface area (Å²) in [5.74, 6) is -0.462. The summed E-state index contributed by atoms with van der Waals surface area (Å²) in [7, 11) is 4.15. The number of rotatable bonds is 15. The summed E-state index contributed by atoms with van der Waals surface area (Å²) < 4.78 is 37.2. The van der Waals surface area contributed by atoms with E-state index in [1.807, 2.05) is 59.4 Å². The van der Waals surface area contributed by atoms with Crippen LogP contribution >= 0.6 is 0 Å². The number of nitrogens with zero attached hydrogens (tertiary/aromatic N) is 8. The smallest absolute Gasteiger partial charge is 0.251 e. The van der Waals surface area contributed by atoms with Gasteiger partial charge in [-0.3, -0.25) is 38.6 Å². The fourth-order valence-corrected chi connectivity index (χ4v) is 12.1. The van der Waals surface area contributed by atoms with Gasteiger partial charge in [-0.15, -0.1) is 0 Å². The number of H-pyrrole nitrogens is 2. The van der Waals surface area contributed by atoms with Crippen molar-refractivity contribution in [2.24, 2.45) is 0 Å². The number of likely N-dealkylation sites (N-methyl/N-ethyl adjacent to an activating group) is 2. The lowest BCUT2D eigenvalue weighted by atomic mass is 9.91. The van der Waals surface area contributed by atoms with Gasteiger partial charge in [0, 0.05) is 162 Å². The van der Waals surface area contributed by atoms with Crippen molar-refractivity contribution in [3.05, 3.63) is 127 Å². The van der Waals surface area contributed by atoms with E-state index in [0.717, 1.165) is 112 Å². The Morgan fingerprint density at radius 3 is 1.26 bits per heavy atom. The number of nitrogens with one attached hydrogen (secondary N) is 4. The summed E-state index contributed by atoms with van der Waals surface area (Å²) in [5.41, 5.74) is 5.07. The summed E-state index contributed by atoms with van der Waals surface area (Å²) in [4.78, 5) is 98.3. The van der Waals surface area contributed by atoms with Gasteiger partial charge in [-0.25, -0.2) is 8.78 Å². The van der Waals surface area contributed by atoms with E-state index in [4.69, 9.17) is 9.47 Å². The van der Waals surface area contributed by atoms with Gasteiger partial charge in [0.1, 0.15) is 24.8 Å². The van der Waals surface area contributed by atoms with Gasteiger partial charge in [-0.1, -0.05) is 52.0 Å². The monoisotopic (exact) mass is 1190 g/mol. The largest absolute Gasteiger partial charge is 0.369 e. The first-order chi connectivity index (χ1) is 40.8. The molecule has 0 aliphatic carbocycles. The van der Waals surface area contributed by atoms with Crippen molar-refractivity contribution >= 4 is 35.0 Å². The van der Waals surface area contributed by atoms with E-state index in [2.05, 4.69) is 82.0 Å². The number of carbonyl (C=O) groups is 4. The van der Waals surface area contributed by atoms with Gasteiger partial charge < -0.3 is 59.5 Å². The fraction of sp³-hybridized carbons (Fsp3) is 0.594. The molecule has 4 unspecified atom stereocenters. The molecule has 6 aliphatic heterocycles. The summed E-state index contributed by atoms with van der Waals surface area (Å²) in [6, 6.07) is 17.5. The number of pyridine rings is 2. The van der Waals surface area contributed by atoms with E-state index in [0.29, 0.717) is 87.5 Å². The number of fused-ring (bicyclic) bond motifs is 2. The van der Waals surface area contributed by atoms with Crippen LogP contribution < -0.4 is 31.6 Å². The molecule has 4 amide bonds. The number of aromatic amines is 2. The SMILES string of the molecule is CC1CN(C(=O)COCCOCC(=O)N2CCN(C)C(C)C2)CCN1C.CC1CN(CC(=O)N2CC(C)(C)c3[nH]c(=O)c(Cc4ccc(F)cc4)cc32)CCN1.CC1CN(CC(=O)N2CC(C)(C)c3[nH]c(=O)c(Cc4ccc(F)cc4)cc32)CCN1. The van der Waals surface area contributed by atoms with Gasteiger partial charge in [0.2, 0.25) is 23.6 Å². The van der Waals surface area contributed by atoms with Crippen LogP contribution in [0.5, 0.6) is 0 Å². The van der Waals surface area contributed by atoms with Crippen LogP contribution in [0.15, 0.2) is 70.3 Å². The lowest BCUT2D eigenvalue weighted by molar-refractivity contribution is -0.142. The molecule has 22 heteroatoms. The van der Waals surface area contributed by atoms with Gasteiger partial charge in [-0.05, 0) is 89.3 Å². The van der Waals surface area contributed by atoms with Crippen molar-refractivity contribution in [3.63, 3.8) is 0 Å². The van der Waals surface area contributed by atoms with Crippen molar-refractivity contribution in [1.29, 1.82) is 0 Å². The van der Waals surface area contributed by atoms with Crippen LogP contribution in [0.4, 0.5) is 20.2 Å². The quantitative estimate of drug-likeness (QED) is 0.126. The van der Waals surface area contributed by atoms with Crippen molar-refractivity contribution in [1.82, 2.24) is 50.0 Å². The molecule has 86 heavy (non-hydrogen) atoms. The van der Waals surface area contributed by atoms with E-state index in [1.54, 1.807) is 24.3 Å². The van der Waals surface area contributed by atoms with Crippen molar-refractivity contribution < 1.29 is 37.4 Å². The Morgan fingerprint density at radius 2 is 0.907 bits per heavy atom.